The predicted octanol–water partition coefficient (Wildman–Crippen LogP) is 3.85. The van der Waals surface area contributed by atoms with Crippen LogP contribution in [0.15, 0.2) is 53.1 Å². The zero-order valence-corrected chi connectivity index (χ0v) is 14.4. The highest BCUT2D eigenvalue weighted by Crippen LogP contribution is 2.29. The van der Waals surface area contributed by atoms with E-state index in [0.29, 0.717) is 17.8 Å². The van der Waals surface area contributed by atoms with Crippen LogP contribution in [0.3, 0.4) is 0 Å². The van der Waals surface area contributed by atoms with E-state index in [1.54, 1.807) is 43.5 Å². The van der Waals surface area contributed by atoms with E-state index in [4.69, 9.17) is 9.15 Å². The molecule has 132 valence electrons. The number of ether oxygens (including phenoxy) is 1. The van der Waals surface area contributed by atoms with Gasteiger partial charge >= 0.3 is 6.03 Å². The molecule has 1 saturated heterocycles. The lowest BCUT2D eigenvalue weighted by Gasteiger charge is -2.19. The van der Waals surface area contributed by atoms with Crippen molar-refractivity contribution in [3.63, 3.8) is 0 Å². The summed E-state index contributed by atoms with van der Waals surface area (Å²) < 4.78 is 11.1. The van der Waals surface area contributed by atoms with Gasteiger partial charge in [0.25, 0.3) is 5.91 Å². The summed E-state index contributed by atoms with van der Waals surface area (Å²) in [6.07, 6.45) is 2.10. The molecule has 2 aromatic heterocycles. The van der Waals surface area contributed by atoms with Crippen LogP contribution < -0.4 is 15.0 Å². The fraction of sp³-hybridized carbons (Fsp3) is 0.211. The highest BCUT2D eigenvalue weighted by atomic mass is 16.5. The van der Waals surface area contributed by atoms with E-state index in [2.05, 4.69) is 10.3 Å². The van der Waals surface area contributed by atoms with E-state index in [1.165, 1.54) is 0 Å². The monoisotopic (exact) mass is 351 g/mol. The van der Waals surface area contributed by atoms with Crippen molar-refractivity contribution in [1.29, 1.82) is 0 Å². The molecule has 3 aromatic rings. The molecule has 0 bridgehead atoms. The molecule has 1 N–H and O–H groups in total. The average molecular weight is 351 g/mol. The maximum absolute atomic E-state index is 12.6. The Labute approximate surface area is 149 Å². The van der Waals surface area contributed by atoms with Crippen LogP contribution in [0.25, 0.3) is 11.0 Å². The molecule has 0 radical (unpaired) electrons. The topological polar surface area (TPSA) is 84.7 Å². The molecule has 7 nitrogen and oxygen atoms in total. The molecular formula is C19H17N3O4. The van der Waals surface area contributed by atoms with Gasteiger partial charge in [0, 0.05) is 17.5 Å². The number of carbonyl (C=O) groups excluding carboxylic acids is 2. The Balaban J connectivity index is 1.62. The lowest BCUT2D eigenvalue weighted by molar-refractivity contribution is -0.121. The van der Waals surface area contributed by atoms with E-state index in [9.17, 15) is 9.59 Å². The molecule has 0 saturated carbocycles. The molecule has 4 rings (SSSR count). The average Bonchev–Trinajstić information content (AvgIpc) is 3.18. The quantitative estimate of drug-likeness (QED) is 0.722. The van der Waals surface area contributed by atoms with Crippen LogP contribution in [0.2, 0.25) is 0 Å². The Morgan fingerprint density at radius 2 is 2.08 bits per heavy atom. The van der Waals surface area contributed by atoms with Crippen LogP contribution >= 0.6 is 0 Å². The van der Waals surface area contributed by atoms with Crippen LogP contribution in [-0.4, -0.2) is 22.5 Å². The van der Waals surface area contributed by atoms with Gasteiger partial charge in [-0.05, 0) is 37.6 Å². The van der Waals surface area contributed by atoms with Crippen molar-refractivity contribution in [2.24, 2.45) is 0 Å². The number of furan rings is 1. The molecule has 3 amide bonds. The molecule has 1 aliphatic rings. The van der Waals surface area contributed by atoms with Crippen molar-refractivity contribution in [2.45, 2.75) is 25.8 Å². The highest BCUT2D eigenvalue weighted by Gasteiger charge is 2.47. The van der Waals surface area contributed by atoms with Gasteiger partial charge in [0.2, 0.25) is 5.88 Å². The van der Waals surface area contributed by atoms with E-state index < -0.39 is 11.6 Å². The van der Waals surface area contributed by atoms with Gasteiger partial charge in [-0.3, -0.25) is 4.79 Å². The molecule has 3 heterocycles. The minimum atomic E-state index is -0.917. The van der Waals surface area contributed by atoms with Gasteiger partial charge in [-0.15, -0.1) is 0 Å². The summed E-state index contributed by atoms with van der Waals surface area (Å²) in [5.74, 6) is 0.722. The summed E-state index contributed by atoms with van der Waals surface area (Å²) in [4.78, 5) is 30.2. The summed E-state index contributed by atoms with van der Waals surface area (Å²) in [7, 11) is 0. The van der Waals surface area contributed by atoms with Crippen LogP contribution in [0.5, 0.6) is 11.6 Å². The van der Waals surface area contributed by atoms with Crippen molar-refractivity contribution in [1.82, 2.24) is 10.3 Å². The van der Waals surface area contributed by atoms with Crippen LogP contribution in [0.1, 0.15) is 20.3 Å². The number of anilines is 1. The number of hydrogen-bond acceptors (Lipinski definition) is 5. The van der Waals surface area contributed by atoms with Crippen molar-refractivity contribution in [2.75, 3.05) is 4.90 Å². The molecule has 0 spiro atoms. The second-order valence-electron chi connectivity index (χ2n) is 6.31. The molecule has 0 aliphatic carbocycles. The first-order valence-corrected chi connectivity index (χ1v) is 8.29. The number of imide groups is 1. The number of benzene rings is 1. The van der Waals surface area contributed by atoms with Gasteiger partial charge in [-0.1, -0.05) is 13.0 Å². The number of aromatic nitrogens is 1. The Bertz CT molecular complexity index is 1010. The van der Waals surface area contributed by atoms with E-state index in [0.717, 1.165) is 10.3 Å². The summed E-state index contributed by atoms with van der Waals surface area (Å²) in [5, 5.41) is 3.68. The molecule has 1 aliphatic heterocycles. The molecular weight excluding hydrogens is 334 g/mol. The number of fused-ring (bicyclic) bond motifs is 1. The number of carbonyl (C=O) groups is 2. The standard InChI is InChI=1S/C19H17N3O4/c1-3-19(2)17(23)22(18(24)21-19)15-5-4-6-16(20-15)26-13-8-7-12-9-10-25-14(12)11-13/h4-11H,3H2,1-2H3,(H,21,24)/t19-/m1/s1. The number of amides is 3. The minimum Gasteiger partial charge on any atom is -0.464 e. The molecule has 1 fully saturated rings. The third-order valence-electron chi connectivity index (χ3n) is 4.56. The van der Waals surface area contributed by atoms with Crippen LogP contribution in [0.4, 0.5) is 10.6 Å². The van der Waals surface area contributed by atoms with Gasteiger partial charge in [0.05, 0.1) is 6.26 Å². The first kappa shape index (κ1) is 16.1. The Morgan fingerprint density at radius 1 is 1.23 bits per heavy atom. The number of nitrogens with zero attached hydrogens (tertiary/aromatic N) is 2. The zero-order chi connectivity index (χ0) is 18.3. The summed E-state index contributed by atoms with van der Waals surface area (Å²) in [6.45, 7) is 3.55. The van der Waals surface area contributed by atoms with Crippen molar-refractivity contribution in [3.05, 3.63) is 48.7 Å². The van der Waals surface area contributed by atoms with E-state index in [1.807, 2.05) is 19.1 Å². The van der Waals surface area contributed by atoms with Crippen LogP contribution in [-0.2, 0) is 4.79 Å². The minimum absolute atomic E-state index is 0.223. The maximum atomic E-state index is 12.6. The molecule has 7 heteroatoms. The van der Waals surface area contributed by atoms with Gasteiger partial charge in [-0.2, -0.15) is 4.98 Å². The Hall–Kier alpha value is -3.35. The summed E-state index contributed by atoms with van der Waals surface area (Å²) >= 11 is 0. The molecule has 0 unspecified atom stereocenters. The van der Waals surface area contributed by atoms with Crippen molar-refractivity contribution < 1.29 is 18.7 Å². The highest BCUT2D eigenvalue weighted by molar-refractivity contribution is 6.22. The lowest BCUT2D eigenvalue weighted by Crippen LogP contribution is -2.43. The number of urea groups is 1. The Morgan fingerprint density at radius 3 is 2.85 bits per heavy atom. The predicted molar refractivity (Wildman–Crippen MR) is 95.2 cm³/mol. The molecule has 1 aromatic carbocycles. The number of nitrogens with one attached hydrogen (secondary N) is 1. The molecule has 1 atom stereocenters. The number of pyridine rings is 1. The normalized spacial score (nSPS) is 19.8. The van der Waals surface area contributed by atoms with Gasteiger partial charge < -0.3 is 14.5 Å². The van der Waals surface area contributed by atoms with Gasteiger partial charge in [0.15, 0.2) is 0 Å². The zero-order valence-electron chi connectivity index (χ0n) is 14.4. The number of hydrogen-bond donors (Lipinski definition) is 1. The fourth-order valence-electron chi connectivity index (χ4n) is 2.84. The summed E-state index contributed by atoms with van der Waals surface area (Å²) in [5.41, 5.74) is -0.216. The van der Waals surface area contributed by atoms with Crippen molar-refractivity contribution in [3.8, 4) is 11.6 Å². The summed E-state index contributed by atoms with van der Waals surface area (Å²) in [6, 6.07) is 11.8. The fourth-order valence-corrected chi connectivity index (χ4v) is 2.84. The largest absolute Gasteiger partial charge is 0.464 e. The SMILES string of the molecule is CC[C@@]1(C)NC(=O)N(c2cccc(Oc3ccc4ccoc4c3)n2)C1=O. The third kappa shape index (κ3) is 2.57. The van der Waals surface area contributed by atoms with E-state index in [-0.39, 0.29) is 17.6 Å². The van der Waals surface area contributed by atoms with Crippen LogP contribution in [0, 0.1) is 0 Å². The first-order chi connectivity index (χ1) is 12.5. The first-order valence-electron chi connectivity index (χ1n) is 8.29. The second kappa shape index (κ2) is 5.87. The van der Waals surface area contributed by atoms with Gasteiger partial charge in [-0.25, -0.2) is 9.69 Å². The lowest BCUT2D eigenvalue weighted by atomic mass is 9.99. The van der Waals surface area contributed by atoms with Crippen molar-refractivity contribution >= 4 is 28.7 Å². The smallest absolute Gasteiger partial charge is 0.330 e. The molecule has 26 heavy (non-hydrogen) atoms. The third-order valence-corrected chi connectivity index (χ3v) is 4.56. The second-order valence-corrected chi connectivity index (χ2v) is 6.31. The number of rotatable bonds is 4. The Kier molecular flexibility index (Phi) is 3.64. The van der Waals surface area contributed by atoms with E-state index >= 15 is 0 Å². The van der Waals surface area contributed by atoms with Gasteiger partial charge in [0.1, 0.15) is 22.7 Å². The maximum Gasteiger partial charge on any atom is 0.330 e.